The van der Waals surface area contributed by atoms with E-state index in [1.165, 1.54) is 11.3 Å². The summed E-state index contributed by atoms with van der Waals surface area (Å²) >= 11 is 1.37. The van der Waals surface area contributed by atoms with Gasteiger partial charge in [0.05, 0.1) is 16.8 Å². The lowest BCUT2D eigenvalue weighted by Gasteiger charge is -2.24. The third kappa shape index (κ3) is 1.56. The van der Waals surface area contributed by atoms with E-state index in [4.69, 9.17) is 4.74 Å². The van der Waals surface area contributed by atoms with E-state index >= 15 is 0 Å². The number of likely N-dealkylation sites (tertiary alicyclic amines) is 1. The summed E-state index contributed by atoms with van der Waals surface area (Å²) in [5.74, 6) is -0.448. The maximum absolute atomic E-state index is 12.4. The van der Waals surface area contributed by atoms with Gasteiger partial charge in [-0.25, -0.2) is 9.78 Å². The van der Waals surface area contributed by atoms with Crippen LogP contribution in [0.3, 0.4) is 0 Å². The number of carbonyl (C=O) groups is 2. The largest absolute Gasteiger partial charge is 0.459 e. The molecule has 4 rings (SSSR count). The molecule has 0 radical (unpaired) electrons. The van der Waals surface area contributed by atoms with Gasteiger partial charge in [-0.3, -0.25) is 4.79 Å². The summed E-state index contributed by atoms with van der Waals surface area (Å²) in [6.07, 6.45) is 0.492. The van der Waals surface area contributed by atoms with Gasteiger partial charge in [0, 0.05) is 6.42 Å². The molecule has 2 atom stereocenters. The summed E-state index contributed by atoms with van der Waals surface area (Å²) in [6.45, 7) is 0.491. The minimum absolute atomic E-state index is 0.129. The molecule has 0 aliphatic carbocycles. The van der Waals surface area contributed by atoms with Crippen LogP contribution in [0.1, 0.15) is 16.2 Å². The minimum atomic E-state index is -0.412. The average Bonchev–Trinajstić information content (AvgIpc) is 3.09. The Bertz CT molecular complexity index is 663. The van der Waals surface area contributed by atoms with Crippen molar-refractivity contribution in [1.29, 1.82) is 0 Å². The molecule has 96 valence electrons. The Kier molecular flexibility index (Phi) is 2.17. The summed E-state index contributed by atoms with van der Waals surface area (Å²) in [5, 5.41) is 0.446. The molecule has 0 spiro atoms. The smallest absolute Gasteiger partial charge is 0.329 e. The lowest BCUT2D eigenvalue weighted by molar-refractivity contribution is -0.149. The third-order valence-electron chi connectivity index (χ3n) is 3.56. The molecular weight excluding hydrogens is 264 g/mol. The van der Waals surface area contributed by atoms with Gasteiger partial charge >= 0.3 is 5.97 Å². The number of amides is 1. The first-order valence-electron chi connectivity index (χ1n) is 6.09. The van der Waals surface area contributed by atoms with Crippen molar-refractivity contribution in [3.63, 3.8) is 0 Å². The molecule has 2 saturated heterocycles. The van der Waals surface area contributed by atoms with Crippen LogP contribution in [0.25, 0.3) is 10.2 Å². The highest BCUT2D eigenvalue weighted by atomic mass is 32.1. The van der Waals surface area contributed by atoms with E-state index in [2.05, 4.69) is 4.98 Å². The predicted molar refractivity (Wildman–Crippen MR) is 68.9 cm³/mol. The van der Waals surface area contributed by atoms with Crippen LogP contribution in [0.2, 0.25) is 0 Å². The van der Waals surface area contributed by atoms with Gasteiger partial charge in [0.15, 0.2) is 5.01 Å². The van der Waals surface area contributed by atoms with Gasteiger partial charge in [0.25, 0.3) is 5.91 Å². The molecule has 6 heteroatoms. The molecule has 3 heterocycles. The van der Waals surface area contributed by atoms with Gasteiger partial charge in [0.1, 0.15) is 12.1 Å². The number of aromatic nitrogens is 1. The normalized spacial score (nSPS) is 25.1. The Hall–Kier alpha value is -1.95. The summed E-state index contributed by atoms with van der Waals surface area (Å²) in [6, 6.07) is 7.22. The van der Waals surface area contributed by atoms with E-state index in [0.29, 0.717) is 18.0 Å². The molecule has 19 heavy (non-hydrogen) atoms. The number of carbonyl (C=O) groups excluding carboxylic acids is 2. The van der Waals surface area contributed by atoms with E-state index in [1.807, 2.05) is 24.3 Å². The molecule has 1 aromatic heterocycles. The fourth-order valence-electron chi connectivity index (χ4n) is 2.66. The lowest BCUT2D eigenvalue weighted by atomic mass is 10.2. The predicted octanol–water partition coefficient (Wildman–Crippen LogP) is 1.44. The second-order valence-corrected chi connectivity index (χ2v) is 5.79. The first-order chi connectivity index (χ1) is 9.22. The average molecular weight is 274 g/mol. The van der Waals surface area contributed by atoms with Crippen LogP contribution in [0, 0.1) is 0 Å². The van der Waals surface area contributed by atoms with Crippen molar-refractivity contribution >= 4 is 33.4 Å². The van der Waals surface area contributed by atoms with Crippen LogP contribution in [0.15, 0.2) is 24.3 Å². The standard InChI is InChI=1S/C13H10N2O3S/c16-12(15-6-7-5-9(15)13(17)18-7)11-14-8-3-1-2-4-10(8)19-11/h1-4,7,9H,5-6H2/t7-,9+/m0/s1. The number of hydrogen-bond donors (Lipinski definition) is 0. The number of esters is 1. The van der Waals surface area contributed by atoms with Crippen LogP contribution in [0.5, 0.6) is 0 Å². The number of thiazole rings is 1. The van der Waals surface area contributed by atoms with Crippen LogP contribution >= 0.6 is 11.3 Å². The van der Waals surface area contributed by atoms with Gasteiger partial charge in [0.2, 0.25) is 0 Å². The van der Waals surface area contributed by atoms with Gasteiger partial charge in [-0.05, 0) is 12.1 Å². The molecule has 0 N–H and O–H groups in total. The zero-order chi connectivity index (χ0) is 13.0. The quantitative estimate of drug-likeness (QED) is 0.738. The van der Waals surface area contributed by atoms with Crippen LogP contribution in [-0.4, -0.2) is 40.5 Å². The van der Waals surface area contributed by atoms with Crippen LogP contribution in [-0.2, 0) is 9.53 Å². The number of nitrogens with zero attached hydrogens (tertiary/aromatic N) is 2. The minimum Gasteiger partial charge on any atom is -0.459 e. The van der Waals surface area contributed by atoms with E-state index in [9.17, 15) is 9.59 Å². The molecule has 1 aromatic carbocycles. The highest BCUT2D eigenvalue weighted by molar-refractivity contribution is 7.20. The van der Waals surface area contributed by atoms with Gasteiger partial charge < -0.3 is 9.64 Å². The van der Waals surface area contributed by atoms with Gasteiger partial charge in [-0.15, -0.1) is 11.3 Å². The van der Waals surface area contributed by atoms with Crippen molar-refractivity contribution in [2.24, 2.45) is 0 Å². The number of morpholine rings is 1. The van der Waals surface area contributed by atoms with Crippen molar-refractivity contribution in [2.45, 2.75) is 18.6 Å². The highest BCUT2D eigenvalue weighted by Gasteiger charge is 2.49. The molecular formula is C13H10N2O3S. The Morgan fingerprint density at radius 2 is 2.26 bits per heavy atom. The molecule has 2 aliphatic heterocycles. The maximum atomic E-state index is 12.4. The molecule has 2 aliphatic rings. The van der Waals surface area contributed by atoms with Crippen molar-refractivity contribution < 1.29 is 14.3 Å². The maximum Gasteiger partial charge on any atom is 0.329 e. The van der Waals surface area contributed by atoms with E-state index in [1.54, 1.807) is 4.90 Å². The number of benzene rings is 1. The van der Waals surface area contributed by atoms with Crippen molar-refractivity contribution in [3.8, 4) is 0 Å². The second-order valence-electron chi connectivity index (χ2n) is 4.75. The Labute approximate surface area is 112 Å². The fraction of sp³-hybridized carbons (Fsp3) is 0.308. The molecule has 2 bridgehead atoms. The second kappa shape index (κ2) is 3.77. The molecule has 2 fully saturated rings. The SMILES string of the molecule is O=C1O[C@H]2C[C@H]1N(C(=O)c1nc3ccccc3s1)C2. The van der Waals surface area contributed by atoms with Crippen molar-refractivity contribution in [3.05, 3.63) is 29.3 Å². The molecule has 0 saturated carbocycles. The van der Waals surface area contributed by atoms with Crippen molar-refractivity contribution in [2.75, 3.05) is 6.54 Å². The summed E-state index contributed by atoms with van der Waals surface area (Å²) < 4.78 is 6.07. The summed E-state index contributed by atoms with van der Waals surface area (Å²) in [5.41, 5.74) is 0.822. The molecule has 5 nitrogen and oxygen atoms in total. The number of ether oxygens (including phenoxy) is 1. The Balaban J connectivity index is 1.69. The van der Waals surface area contributed by atoms with Crippen LogP contribution < -0.4 is 0 Å². The fourth-order valence-corrected chi connectivity index (χ4v) is 3.58. The topological polar surface area (TPSA) is 59.5 Å². The Morgan fingerprint density at radius 1 is 1.42 bits per heavy atom. The number of para-hydroxylation sites is 1. The third-order valence-corrected chi connectivity index (χ3v) is 4.58. The first kappa shape index (κ1) is 10.9. The number of hydrogen-bond acceptors (Lipinski definition) is 5. The van der Waals surface area contributed by atoms with Crippen molar-refractivity contribution in [1.82, 2.24) is 9.88 Å². The van der Waals surface area contributed by atoms with Gasteiger partial charge in [-0.1, -0.05) is 12.1 Å². The number of rotatable bonds is 1. The Morgan fingerprint density at radius 3 is 3.00 bits per heavy atom. The van der Waals surface area contributed by atoms with Gasteiger partial charge in [-0.2, -0.15) is 0 Å². The molecule has 2 aromatic rings. The molecule has 1 amide bonds. The zero-order valence-electron chi connectivity index (χ0n) is 9.91. The lowest BCUT2D eigenvalue weighted by Crippen LogP contribution is -2.44. The monoisotopic (exact) mass is 274 g/mol. The summed E-state index contributed by atoms with van der Waals surface area (Å²) in [4.78, 5) is 29.9. The summed E-state index contributed by atoms with van der Waals surface area (Å²) in [7, 11) is 0. The first-order valence-corrected chi connectivity index (χ1v) is 6.91. The van der Waals surface area contributed by atoms with E-state index in [0.717, 1.165) is 10.2 Å². The zero-order valence-corrected chi connectivity index (χ0v) is 10.7. The number of fused-ring (bicyclic) bond motifs is 3. The highest BCUT2D eigenvalue weighted by Crippen LogP contribution is 2.31. The molecule has 0 unspecified atom stereocenters. The van der Waals surface area contributed by atoms with Crippen LogP contribution in [0.4, 0.5) is 0 Å². The van der Waals surface area contributed by atoms with E-state index < -0.39 is 6.04 Å². The van der Waals surface area contributed by atoms with E-state index in [-0.39, 0.29) is 18.0 Å².